The van der Waals surface area contributed by atoms with Gasteiger partial charge in [0.05, 0.1) is 6.10 Å². The van der Waals surface area contributed by atoms with Gasteiger partial charge in [0.1, 0.15) is 18.3 Å². The number of thiophene rings is 1. The Morgan fingerprint density at radius 2 is 2.06 bits per heavy atom. The maximum Gasteiger partial charge on any atom is 0.251 e. The molecular formula is C25H26N6O4S. The van der Waals surface area contributed by atoms with Crippen molar-refractivity contribution in [2.75, 3.05) is 18.1 Å². The van der Waals surface area contributed by atoms with Gasteiger partial charge in [-0.3, -0.25) is 14.5 Å². The van der Waals surface area contributed by atoms with Crippen molar-refractivity contribution in [3.8, 4) is 11.6 Å². The monoisotopic (exact) mass is 506 g/mol. The quantitative estimate of drug-likeness (QED) is 0.370. The summed E-state index contributed by atoms with van der Waals surface area (Å²) in [5.74, 6) is 0.845. The molecule has 3 aromatic heterocycles. The van der Waals surface area contributed by atoms with Crippen molar-refractivity contribution < 1.29 is 18.7 Å². The molecule has 1 fully saturated rings. The number of nitrogens with one attached hydrogen (secondary N) is 1. The first kappa shape index (κ1) is 23.9. The Kier molecular flexibility index (Phi) is 7.19. The average Bonchev–Trinajstić information content (AvgIpc) is 3.69. The Hall–Kier alpha value is -3.83. The van der Waals surface area contributed by atoms with Crippen LogP contribution in [0.15, 0.2) is 64.4 Å². The Bertz CT molecular complexity index is 1300. The first-order chi connectivity index (χ1) is 17.6. The van der Waals surface area contributed by atoms with Gasteiger partial charge in [0, 0.05) is 23.7 Å². The topological polar surface area (TPSA) is 115 Å². The molecule has 2 atom stereocenters. The van der Waals surface area contributed by atoms with Crippen molar-refractivity contribution in [3.63, 3.8) is 0 Å². The minimum atomic E-state index is -0.864. The second-order valence-corrected chi connectivity index (χ2v) is 9.43. The van der Waals surface area contributed by atoms with Gasteiger partial charge >= 0.3 is 0 Å². The molecule has 10 nitrogen and oxygen atoms in total. The Morgan fingerprint density at radius 1 is 1.19 bits per heavy atom. The molecule has 0 saturated carbocycles. The summed E-state index contributed by atoms with van der Waals surface area (Å²) < 4.78 is 11.2. The number of carbonyl (C=O) groups excluding carboxylic acids is 2. The van der Waals surface area contributed by atoms with E-state index in [-0.39, 0.29) is 30.3 Å². The highest BCUT2D eigenvalue weighted by atomic mass is 32.1. The number of rotatable bonds is 9. The molecule has 0 bridgehead atoms. The number of benzene rings is 1. The largest absolute Gasteiger partial charge is 0.458 e. The second-order valence-electron chi connectivity index (χ2n) is 8.45. The molecule has 36 heavy (non-hydrogen) atoms. The third-order valence-corrected chi connectivity index (χ3v) is 6.77. The standard InChI is InChI=1S/C25H26N6O4S/c1-17-11-12-20(35-17)24-27-29-30(28-24)16-22(32)31(18-7-3-2-4-8-18)23(21-10-6-14-36-21)25(33)26-15-19-9-5-13-34-19/h2-4,6-8,10-12,14,19,23H,5,9,13,15-16H2,1H3,(H,26,33)/t19-,23-/m1/s1. The van der Waals surface area contributed by atoms with E-state index in [1.54, 1.807) is 24.3 Å². The van der Waals surface area contributed by atoms with Crippen LogP contribution in [0, 0.1) is 6.92 Å². The highest BCUT2D eigenvalue weighted by molar-refractivity contribution is 7.10. The summed E-state index contributed by atoms with van der Waals surface area (Å²) in [5, 5.41) is 17.2. The van der Waals surface area contributed by atoms with Gasteiger partial charge in [-0.1, -0.05) is 24.3 Å². The molecule has 0 spiro atoms. The zero-order chi connectivity index (χ0) is 24.9. The number of ether oxygens (including phenoxy) is 1. The second kappa shape index (κ2) is 10.8. The van der Waals surface area contributed by atoms with E-state index < -0.39 is 6.04 Å². The van der Waals surface area contributed by atoms with Gasteiger partial charge in [0.2, 0.25) is 11.7 Å². The highest BCUT2D eigenvalue weighted by Gasteiger charge is 2.34. The van der Waals surface area contributed by atoms with Crippen molar-refractivity contribution in [1.82, 2.24) is 25.5 Å². The Balaban J connectivity index is 1.42. The highest BCUT2D eigenvalue weighted by Crippen LogP contribution is 2.31. The third-order valence-electron chi connectivity index (χ3n) is 5.84. The molecule has 1 N–H and O–H groups in total. The van der Waals surface area contributed by atoms with Gasteiger partial charge < -0.3 is 14.5 Å². The molecule has 0 aliphatic carbocycles. The summed E-state index contributed by atoms with van der Waals surface area (Å²) in [4.78, 5) is 30.7. The maximum atomic E-state index is 13.7. The van der Waals surface area contributed by atoms with Crippen LogP contribution in [0.1, 0.15) is 29.5 Å². The average molecular weight is 507 g/mol. The summed E-state index contributed by atoms with van der Waals surface area (Å²) in [7, 11) is 0. The van der Waals surface area contributed by atoms with Gasteiger partial charge in [-0.2, -0.15) is 4.80 Å². The van der Waals surface area contributed by atoms with Gasteiger partial charge in [-0.05, 0) is 60.7 Å². The third kappa shape index (κ3) is 5.37. The fraction of sp³-hybridized carbons (Fsp3) is 0.320. The van der Waals surface area contributed by atoms with E-state index in [2.05, 4.69) is 20.7 Å². The number of anilines is 1. The predicted molar refractivity (Wildman–Crippen MR) is 133 cm³/mol. The van der Waals surface area contributed by atoms with Crippen LogP contribution in [-0.2, 0) is 20.9 Å². The van der Waals surface area contributed by atoms with Crippen LogP contribution < -0.4 is 10.2 Å². The molecule has 186 valence electrons. The van der Waals surface area contributed by atoms with Crippen molar-refractivity contribution in [2.45, 2.75) is 38.5 Å². The zero-order valence-electron chi connectivity index (χ0n) is 19.7. The SMILES string of the molecule is Cc1ccc(-c2nnn(CC(=O)N(c3ccccc3)[C@@H](C(=O)NC[C@H]3CCCO3)c3cccs3)n2)o1. The molecular weight excluding hydrogens is 480 g/mol. The number of hydrogen-bond donors (Lipinski definition) is 1. The first-order valence-corrected chi connectivity index (χ1v) is 12.6. The van der Waals surface area contributed by atoms with E-state index in [1.165, 1.54) is 21.0 Å². The van der Waals surface area contributed by atoms with E-state index in [0.29, 0.717) is 24.6 Å². The minimum Gasteiger partial charge on any atom is -0.458 e. The van der Waals surface area contributed by atoms with E-state index in [4.69, 9.17) is 9.15 Å². The number of hydrogen-bond acceptors (Lipinski definition) is 8. The van der Waals surface area contributed by atoms with Crippen LogP contribution >= 0.6 is 11.3 Å². The molecule has 1 aliphatic rings. The molecule has 4 heterocycles. The smallest absolute Gasteiger partial charge is 0.251 e. The van der Waals surface area contributed by atoms with Crippen LogP contribution in [0.2, 0.25) is 0 Å². The van der Waals surface area contributed by atoms with Crippen LogP contribution in [0.3, 0.4) is 0 Å². The van der Waals surface area contributed by atoms with Gasteiger partial charge in [-0.25, -0.2) is 0 Å². The predicted octanol–water partition coefficient (Wildman–Crippen LogP) is 3.37. The molecule has 2 amide bonds. The summed E-state index contributed by atoms with van der Waals surface area (Å²) in [5.41, 5.74) is 0.593. The molecule has 1 saturated heterocycles. The lowest BCUT2D eigenvalue weighted by Crippen LogP contribution is -2.46. The molecule has 5 rings (SSSR count). The van der Waals surface area contributed by atoms with E-state index >= 15 is 0 Å². The van der Waals surface area contributed by atoms with Crippen molar-refractivity contribution in [1.29, 1.82) is 0 Å². The van der Waals surface area contributed by atoms with Crippen molar-refractivity contribution in [2.24, 2.45) is 0 Å². The summed E-state index contributed by atoms with van der Waals surface area (Å²) in [6.07, 6.45) is 1.87. The van der Waals surface area contributed by atoms with Crippen LogP contribution in [0.25, 0.3) is 11.6 Å². The number of carbonyl (C=O) groups is 2. The normalized spacial score (nSPS) is 16.1. The number of furan rings is 1. The fourth-order valence-electron chi connectivity index (χ4n) is 4.12. The van der Waals surface area contributed by atoms with Gasteiger partial charge in [0.15, 0.2) is 5.76 Å². The van der Waals surface area contributed by atoms with Crippen molar-refractivity contribution in [3.05, 3.63) is 70.6 Å². The number of nitrogens with zero attached hydrogens (tertiary/aromatic N) is 5. The minimum absolute atomic E-state index is 0.0122. The van der Waals surface area contributed by atoms with E-state index in [0.717, 1.165) is 23.5 Å². The van der Waals surface area contributed by atoms with Crippen LogP contribution in [0.4, 0.5) is 5.69 Å². The summed E-state index contributed by atoms with van der Waals surface area (Å²) in [6, 6.07) is 15.5. The lowest BCUT2D eigenvalue weighted by molar-refractivity contribution is -0.127. The zero-order valence-corrected chi connectivity index (χ0v) is 20.6. The Labute approximate surface area is 211 Å². The van der Waals surface area contributed by atoms with Gasteiger partial charge in [-0.15, -0.1) is 21.5 Å². The van der Waals surface area contributed by atoms with Crippen LogP contribution in [-0.4, -0.2) is 51.3 Å². The first-order valence-electron chi connectivity index (χ1n) is 11.7. The molecule has 11 heteroatoms. The molecule has 0 radical (unpaired) electrons. The lowest BCUT2D eigenvalue weighted by atomic mass is 10.1. The van der Waals surface area contributed by atoms with Crippen molar-refractivity contribution >= 4 is 28.8 Å². The molecule has 1 aromatic carbocycles. The van der Waals surface area contributed by atoms with E-state index in [1.807, 2.05) is 42.6 Å². The van der Waals surface area contributed by atoms with Gasteiger partial charge in [0.25, 0.3) is 5.91 Å². The molecule has 4 aromatic rings. The number of tetrazole rings is 1. The number of amides is 2. The Morgan fingerprint density at radius 3 is 2.75 bits per heavy atom. The number of aryl methyl sites for hydroxylation is 1. The molecule has 1 aliphatic heterocycles. The summed E-state index contributed by atoms with van der Waals surface area (Å²) >= 11 is 1.42. The number of para-hydroxylation sites is 1. The van der Waals surface area contributed by atoms with Crippen LogP contribution in [0.5, 0.6) is 0 Å². The maximum absolute atomic E-state index is 13.7. The molecule has 0 unspecified atom stereocenters. The number of aromatic nitrogens is 4. The lowest BCUT2D eigenvalue weighted by Gasteiger charge is -2.30. The van der Waals surface area contributed by atoms with E-state index in [9.17, 15) is 9.59 Å². The summed E-state index contributed by atoms with van der Waals surface area (Å²) in [6.45, 7) is 2.72. The fourth-order valence-corrected chi connectivity index (χ4v) is 4.94.